The fraction of sp³-hybridized carbons (Fsp3) is 0.174. The van der Waals surface area contributed by atoms with Crippen molar-refractivity contribution in [1.82, 2.24) is 0 Å². The number of hydrogen-bond acceptors (Lipinski definition) is 4. The summed E-state index contributed by atoms with van der Waals surface area (Å²) in [7, 11) is -3.03. The van der Waals surface area contributed by atoms with Crippen molar-refractivity contribution in [2.24, 2.45) is 0 Å². The van der Waals surface area contributed by atoms with E-state index < -0.39 is 39.8 Å². The Morgan fingerprint density at radius 1 is 1.06 bits per heavy atom. The predicted octanol–water partition coefficient (Wildman–Crippen LogP) is 5.08. The van der Waals surface area contributed by atoms with E-state index in [1.165, 1.54) is 31.4 Å². The van der Waals surface area contributed by atoms with Gasteiger partial charge in [-0.1, -0.05) is 29.8 Å². The van der Waals surface area contributed by atoms with Gasteiger partial charge in [-0.25, -0.2) is 17.2 Å². The minimum Gasteiger partial charge on any atom is -0.495 e. The van der Waals surface area contributed by atoms with Crippen LogP contribution >= 0.6 is 11.6 Å². The number of benzene rings is 3. The average Bonchev–Trinajstić information content (AvgIpc) is 2.76. The van der Waals surface area contributed by atoms with E-state index in [1.807, 2.05) is 0 Å². The molecule has 0 aromatic heterocycles. The molecule has 1 N–H and O–H groups in total. The second-order valence-electron chi connectivity index (χ2n) is 7.24. The Morgan fingerprint density at radius 3 is 2.33 bits per heavy atom. The van der Waals surface area contributed by atoms with Gasteiger partial charge in [-0.15, -0.1) is 0 Å². The lowest BCUT2D eigenvalue weighted by Crippen LogP contribution is -2.38. The first-order chi connectivity index (χ1) is 15.5. The lowest BCUT2D eigenvalue weighted by Gasteiger charge is -2.25. The standard InChI is InChI=1S/C23H21ClF2N2O4S/c1-14-7-10-20(32-3)21(11-14)33(30,31)28(16-9-8-15(2)17(24)12-16)13-22(29)27-23-18(25)5-4-6-19(23)26/h4-12H,13H2,1-3H3,(H,27,29). The molecule has 0 bridgehead atoms. The highest BCUT2D eigenvalue weighted by atomic mass is 35.5. The monoisotopic (exact) mass is 494 g/mol. The van der Waals surface area contributed by atoms with E-state index in [9.17, 15) is 22.0 Å². The van der Waals surface area contributed by atoms with Crippen molar-refractivity contribution in [2.45, 2.75) is 18.7 Å². The Bertz CT molecular complexity index is 1300. The molecule has 174 valence electrons. The summed E-state index contributed by atoms with van der Waals surface area (Å²) in [6.07, 6.45) is 0. The molecule has 0 aliphatic carbocycles. The number of anilines is 2. The highest BCUT2D eigenvalue weighted by molar-refractivity contribution is 7.93. The van der Waals surface area contributed by atoms with Crippen LogP contribution in [-0.4, -0.2) is 28.0 Å². The van der Waals surface area contributed by atoms with Crippen molar-refractivity contribution in [3.63, 3.8) is 0 Å². The summed E-state index contributed by atoms with van der Waals surface area (Å²) < 4.78 is 61.3. The summed E-state index contributed by atoms with van der Waals surface area (Å²) in [5, 5.41) is 2.39. The third-order valence-electron chi connectivity index (χ3n) is 4.84. The van der Waals surface area contributed by atoms with E-state index in [0.717, 1.165) is 22.5 Å². The Balaban J connectivity index is 2.08. The first-order valence-electron chi connectivity index (χ1n) is 9.72. The Labute approximate surface area is 195 Å². The van der Waals surface area contributed by atoms with E-state index in [-0.39, 0.29) is 21.4 Å². The van der Waals surface area contributed by atoms with E-state index in [1.54, 1.807) is 26.0 Å². The molecule has 0 radical (unpaired) electrons. The van der Waals surface area contributed by atoms with Gasteiger partial charge in [-0.05, 0) is 61.4 Å². The van der Waals surface area contributed by atoms with Crippen molar-refractivity contribution in [1.29, 1.82) is 0 Å². The highest BCUT2D eigenvalue weighted by Gasteiger charge is 2.31. The van der Waals surface area contributed by atoms with Crippen LogP contribution in [-0.2, 0) is 14.8 Å². The number of sulfonamides is 1. The first kappa shape index (κ1) is 24.5. The Morgan fingerprint density at radius 2 is 1.73 bits per heavy atom. The Hall–Kier alpha value is -3.17. The number of rotatable bonds is 7. The molecule has 1 amide bonds. The maximum absolute atomic E-state index is 14.0. The van der Waals surface area contributed by atoms with Crippen LogP contribution in [0.25, 0.3) is 0 Å². The van der Waals surface area contributed by atoms with Crippen molar-refractivity contribution >= 4 is 38.9 Å². The van der Waals surface area contributed by atoms with Gasteiger partial charge in [0.2, 0.25) is 5.91 Å². The number of aryl methyl sites for hydroxylation is 2. The van der Waals surface area contributed by atoms with Crippen LogP contribution in [0, 0.1) is 25.5 Å². The molecule has 0 atom stereocenters. The van der Waals surface area contributed by atoms with Crippen LogP contribution in [0.5, 0.6) is 5.75 Å². The SMILES string of the molecule is COc1ccc(C)cc1S(=O)(=O)N(CC(=O)Nc1c(F)cccc1F)c1ccc(C)c(Cl)c1. The summed E-state index contributed by atoms with van der Waals surface area (Å²) in [5.74, 6) is -2.86. The lowest BCUT2D eigenvalue weighted by atomic mass is 10.2. The summed E-state index contributed by atoms with van der Waals surface area (Å²) in [4.78, 5) is 12.6. The van der Waals surface area contributed by atoms with Gasteiger partial charge < -0.3 is 10.1 Å². The van der Waals surface area contributed by atoms with E-state index in [2.05, 4.69) is 5.32 Å². The van der Waals surface area contributed by atoms with Gasteiger partial charge in [-0.3, -0.25) is 9.10 Å². The number of carbonyl (C=O) groups is 1. The average molecular weight is 495 g/mol. The van der Waals surface area contributed by atoms with Gasteiger partial charge in [0, 0.05) is 5.02 Å². The van der Waals surface area contributed by atoms with E-state index in [4.69, 9.17) is 16.3 Å². The minimum absolute atomic E-state index is 0.0735. The van der Waals surface area contributed by atoms with Crippen molar-refractivity contribution in [3.05, 3.63) is 82.4 Å². The van der Waals surface area contributed by atoms with E-state index >= 15 is 0 Å². The van der Waals surface area contributed by atoms with Crippen molar-refractivity contribution in [2.75, 3.05) is 23.3 Å². The number of nitrogens with zero attached hydrogens (tertiary/aromatic N) is 1. The number of halogens is 3. The van der Waals surface area contributed by atoms with Crippen LogP contribution in [0.15, 0.2) is 59.5 Å². The molecule has 10 heteroatoms. The number of para-hydroxylation sites is 1. The van der Waals surface area contributed by atoms with Crippen LogP contribution in [0.1, 0.15) is 11.1 Å². The Kier molecular flexibility index (Phi) is 7.24. The largest absolute Gasteiger partial charge is 0.495 e. The second-order valence-corrected chi connectivity index (χ2v) is 9.48. The highest BCUT2D eigenvalue weighted by Crippen LogP contribution is 2.32. The van der Waals surface area contributed by atoms with Gasteiger partial charge in [0.15, 0.2) is 0 Å². The molecule has 3 aromatic carbocycles. The second kappa shape index (κ2) is 9.76. The topological polar surface area (TPSA) is 75.7 Å². The maximum atomic E-state index is 14.0. The van der Waals surface area contributed by atoms with Gasteiger partial charge in [-0.2, -0.15) is 0 Å². The fourth-order valence-corrected chi connectivity index (χ4v) is 4.91. The molecule has 0 aliphatic heterocycles. The number of hydrogen-bond donors (Lipinski definition) is 1. The van der Waals surface area contributed by atoms with Gasteiger partial charge in [0.1, 0.15) is 34.5 Å². The number of carbonyl (C=O) groups excluding carboxylic acids is 1. The number of amides is 1. The quantitative estimate of drug-likeness (QED) is 0.497. The molecule has 6 nitrogen and oxygen atoms in total. The van der Waals surface area contributed by atoms with Crippen molar-refractivity contribution in [3.8, 4) is 5.75 Å². The molecule has 0 heterocycles. The molecule has 3 aromatic rings. The third kappa shape index (κ3) is 5.26. The molecular formula is C23H21ClF2N2O4S. The molecule has 33 heavy (non-hydrogen) atoms. The molecule has 0 unspecified atom stereocenters. The molecule has 0 saturated carbocycles. The third-order valence-corrected chi connectivity index (χ3v) is 7.05. The zero-order chi connectivity index (χ0) is 24.3. The molecule has 0 fully saturated rings. The smallest absolute Gasteiger partial charge is 0.268 e. The van der Waals surface area contributed by atoms with Gasteiger partial charge in [0.25, 0.3) is 10.0 Å². The first-order valence-corrected chi connectivity index (χ1v) is 11.5. The predicted molar refractivity (Wildman–Crippen MR) is 123 cm³/mol. The number of ether oxygens (including phenoxy) is 1. The minimum atomic E-state index is -4.36. The zero-order valence-corrected chi connectivity index (χ0v) is 19.6. The van der Waals surface area contributed by atoms with Crippen LogP contribution < -0.4 is 14.4 Å². The molecule has 0 aliphatic rings. The van der Waals surface area contributed by atoms with Gasteiger partial charge in [0.05, 0.1) is 12.8 Å². The molecule has 0 spiro atoms. The van der Waals surface area contributed by atoms with Crippen LogP contribution in [0.3, 0.4) is 0 Å². The maximum Gasteiger partial charge on any atom is 0.268 e. The lowest BCUT2D eigenvalue weighted by molar-refractivity contribution is -0.114. The van der Waals surface area contributed by atoms with E-state index in [0.29, 0.717) is 11.1 Å². The molecule has 3 rings (SSSR count). The summed E-state index contributed by atoms with van der Waals surface area (Å²) in [6, 6.07) is 12.2. The van der Waals surface area contributed by atoms with Crippen LogP contribution in [0.2, 0.25) is 5.02 Å². The van der Waals surface area contributed by atoms with Crippen molar-refractivity contribution < 1.29 is 26.7 Å². The summed E-state index contributed by atoms with van der Waals surface area (Å²) in [6.45, 7) is 2.67. The fourth-order valence-electron chi connectivity index (χ4n) is 3.08. The molecular weight excluding hydrogens is 474 g/mol. The number of methoxy groups -OCH3 is 1. The summed E-state index contributed by atoms with van der Waals surface area (Å²) in [5.41, 5.74) is 0.770. The van der Waals surface area contributed by atoms with Gasteiger partial charge >= 0.3 is 0 Å². The van der Waals surface area contributed by atoms with Crippen LogP contribution in [0.4, 0.5) is 20.2 Å². The summed E-state index contributed by atoms with van der Waals surface area (Å²) >= 11 is 6.20. The normalized spacial score (nSPS) is 11.2. The molecule has 0 saturated heterocycles. The number of nitrogens with one attached hydrogen (secondary N) is 1. The zero-order valence-electron chi connectivity index (χ0n) is 18.0.